The topological polar surface area (TPSA) is 74.8 Å². The van der Waals surface area contributed by atoms with Crippen LogP contribution < -0.4 is 5.73 Å². The standard InChI is InChI=1S/C10H11ClN4/c11-9-5-8(6-10(12)7-9)3-1-2-4-14-15-13/h1,3,5-7H,2,4,12H2. The van der Waals surface area contributed by atoms with E-state index in [0.717, 1.165) is 5.56 Å². The van der Waals surface area contributed by atoms with Gasteiger partial charge in [0, 0.05) is 22.2 Å². The number of rotatable bonds is 4. The molecule has 0 heterocycles. The quantitative estimate of drug-likeness (QED) is 0.273. The van der Waals surface area contributed by atoms with E-state index >= 15 is 0 Å². The number of nitrogen functional groups attached to an aromatic ring is 1. The summed E-state index contributed by atoms with van der Waals surface area (Å²) < 4.78 is 0. The number of hydrogen-bond donors (Lipinski definition) is 1. The summed E-state index contributed by atoms with van der Waals surface area (Å²) in [6.45, 7) is 0.461. The van der Waals surface area contributed by atoms with Crippen molar-refractivity contribution in [2.24, 2.45) is 5.11 Å². The molecule has 0 aliphatic heterocycles. The van der Waals surface area contributed by atoms with Gasteiger partial charge >= 0.3 is 0 Å². The first-order valence-electron chi connectivity index (χ1n) is 4.46. The van der Waals surface area contributed by atoms with Gasteiger partial charge in [0.25, 0.3) is 0 Å². The van der Waals surface area contributed by atoms with Crippen LogP contribution in [0.1, 0.15) is 12.0 Å². The van der Waals surface area contributed by atoms with Crippen molar-refractivity contribution in [3.63, 3.8) is 0 Å². The molecule has 0 atom stereocenters. The molecule has 1 rings (SSSR count). The van der Waals surface area contributed by atoms with Gasteiger partial charge in [0.15, 0.2) is 0 Å². The van der Waals surface area contributed by atoms with Crippen LogP contribution in [0, 0.1) is 0 Å². The highest BCUT2D eigenvalue weighted by molar-refractivity contribution is 6.31. The van der Waals surface area contributed by atoms with Gasteiger partial charge in [-0.25, -0.2) is 0 Å². The first-order chi connectivity index (χ1) is 7.22. The number of halogens is 1. The molecule has 0 fully saturated rings. The fourth-order valence-electron chi connectivity index (χ4n) is 1.13. The summed E-state index contributed by atoms with van der Waals surface area (Å²) in [6.07, 6.45) is 4.52. The lowest BCUT2D eigenvalue weighted by Crippen LogP contribution is -1.85. The molecule has 0 aliphatic rings. The smallest absolute Gasteiger partial charge is 0.0432 e. The van der Waals surface area contributed by atoms with E-state index in [4.69, 9.17) is 22.9 Å². The maximum Gasteiger partial charge on any atom is 0.0432 e. The van der Waals surface area contributed by atoms with Gasteiger partial charge in [0.2, 0.25) is 0 Å². The molecule has 78 valence electrons. The lowest BCUT2D eigenvalue weighted by Gasteiger charge is -1.98. The van der Waals surface area contributed by atoms with Crippen LogP contribution in [0.4, 0.5) is 5.69 Å². The molecule has 1 aromatic carbocycles. The Labute approximate surface area is 93.0 Å². The first-order valence-corrected chi connectivity index (χ1v) is 4.83. The van der Waals surface area contributed by atoms with Gasteiger partial charge in [-0.2, -0.15) is 0 Å². The maximum absolute atomic E-state index is 8.06. The number of benzene rings is 1. The van der Waals surface area contributed by atoms with Crippen LogP contribution in [0.5, 0.6) is 0 Å². The van der Waals surface area contributed by atoms with Crippen LogP contribution in [-0.2, 0) is 0 Å². The normalized spacial score (nSPS) is 10.2. The summed E-state index contributed by atoms with van der Waals surface area (Å²) in [5.74, 6) is 0. The molecule has 1 aromatic rings. The van der Waals surface area contributed by atoms with Gasteiger partial charge in [-0.1, -0.05) is 28.9 Å². The van der Waals surface area contributed by atoms with Gasteiger partial charge in [0.1, 0.15) is 0 Å². The monoisotopic (exact) mass is 222 g/mol. The van der Waals surface area contributed by atoms with Crippen LogP contribution in [0.2, 0.25) is 5.02 Å². The average Bonchev–Trinajstić information content (AvgIpc) is 2.16. The summed E-state index contributed by atoms with van der Waals surface area (Å²) in [5.41, 5.74) is 15.3. The molecule has 5 heteroatoms. The third-order valence-corrected chi connectivity index (χ3v) is 1.93. The van der Waals surface area contributed by atoms with Crippen molar-refractivity contribution in [1.82, 2.24) is 0 Å². The van der Waals surface area contributed by atoms with Crippen LogP contribution in [-0.4, -0.2) is 6.54 Å². The van der Waals surface area contributed by atoms with E-state index in [1.807, 2.05) is 24.3 Å². The maximum atomic E-state index is 8.06. The number of azide groups is 1. The first kappa shape index (κ1) is 11.4. The lowest BCUT2D eigenvalue weighted by molar-refractivity contribution is 0.996. The van der Waals surface area contributed by atoms with Gasteiger partial charge < -0.3 is 5.73 Å². The summed E-state index contributed by atoms with van der Waals surface area (Å²) in [6, 6.07) is 5.34. The van der Waals surface area contributed by atoms with E-state index in [1.54, 1.807) is 6.07 Å². The molecule has 0 radical (unpaired) electrons. The van der Waals surface area contributed by atoms with E-state index in [-0.39, 0.29) is 0 Å². The number of hydrogen-bond acceptors (Lipinski definition) is 2. The van der Waals surface area contributed by atoms with Crippen molar-refractivity contribution in [2.45, 2.75) is 6.42 Å². The van der Waals surface area contributed by atoms with Crippen LogP contribution in [0.25, 0.3) is 16.5 Å². The SMILES string of the molecule is [N-]=[N+]=NCCC=Cc1cc(N)cc(Cl)c1. The number of nitrogens with zero attached hydrogens (tertiary/aromatic N) is 3. The van der Waals surface area contributed by atoms with Crippen LogP contribution in [0.15, 0.2) is 29.4 Å². The zero-order valence-corrected chi connectivity index (χ0v) is 8.85. The van der Waals surface area contributed by atoms with E-state index in [0.29, 0.717) is 23.7 Å². The molecule has 0 bridgehead atoms. The summed E-state index contributed by atoms with van der Waals surface area (Å²) in [5, 5.41) is 4.03. The van der Waals surface area contributed by atoms with Gasteiger partial charge in [0.05, 0.1) is 0 Å². The third-order valence-electron chi connectivity index (χ3n) is 1.71. The molecule has 0 saturated heterocycles. The molecule has 0 saturated carbocycles. The second kappa shape index (κ2) is 5.96. The molecule has 2 N–H and O–H groups in total. The highest BCUT2D eigenvalue weighted by Crippen LogP contribution is 2.17. The molecule has 0 unspecified atom stereocenters. The molecule has 0 amide bonds. The van der Waals surface area contributed by atoms with Crippen LogP contribution >= 0.6 is 11.6 Å². The second-order valence-corrected chi connectivity index (χ2v) is 3.40. The summed E-state index contributed by atoms with van der Waals surface area (Å²) in [7, 11) is 0. The minimum Gasteiger partial charge on any atom is -0.399 e. The Balaban J connectivity index is 2.59. The second-order valence-electron chi connectivity index (χ2n) is 2.96. The van der Waals surface area contributed by atoms with E-state index < -0.39 is 0 Å². The molecule has 15 heavy (non-hydrogen) atoms. The number of nitrogens with two attached hydrogens (primary N) is 1. The van der Waals surface area contributed by atoms with Crippen molar-refractivity contribution in [2.75, 3.05) is 12.3 Å². The highest BCUT2D eigenvalue weighted by Gasteiger charge is 1.93. The van der Waals surface area contributed by atoms with Gasteiger partial charge in [-0.15, -0.1) is 0 Å². The Morgan fingerprint density at radius 3 is 2.93 bits per heavy atom. The molecular weight excluding hydrogens is 212 g/mol. The molecule has 0 spiro atoms. The zero-order chi connectivity index (χ0) is 11.1. The highest BCUT2D eigenvalue weighted by atomic mass is 35.5. The summed E-state index contributed by atoms with van der Waals surface area (Å²) >= 11 is 5.83. The Kier molecular flexibility index (Phi) is 4.54. The van der Waals surface area contributed by atoms with Crippen molar-refractivity contribution in [3.05, 3.63) is 45.3 Å². The predicted molar refractivity (Wildman–Crippen MR) is 63.5 cm³/mol. The van der Waals surface area contributed by atoms with E-state index in [9.17, 15) is 0 Å². The van der Waals surface area contributed by atoms with Crippen molar-refractivity contribution >= 4 is 23.4 Å². The molecule has 4 nitrogen and oxygen atoms in total. The Morgan fingerprint density at radius 1 is 1.47 bits per heavy atom. The molecular formula is C10H11ClN4. The van der Waals surface area contributed by atoms with Crippen molar-refractivity contribution < 1.29 is 0 Å². The van der Waals surface area contributed by atoms with Crippen molar-refractivity contribution in [1.29, 1.82) is 0 Å². The third kappa shape index (κ3) is 4.40. The van der Waals surface area contributed by atoms with Gasteiger partial charge in [-0.3, -0.25) is 0 Å². The fraction of sp³-hybridized carbons (Fsp3) is 0.200. The van der Waals surface area contributed by atoms with E-state index in [2.05, 4.69) is 10.0 Å². The zero-order valence-electron chi connectivity index (χ0n) is 8.10. The van der Waals surface area contributed by atoms with Gasteiger partial charge in [-0.05, 0) is 35.7 Å². The van der Waals surface area contributed by atoms with E-state index in [1.165, 1.54) is 0 Å². The fourth-order valence-corrected chi connectivity index (χ4v) is 1.38. The lowest BCUT2D eigenvalue weighted by atomic mass is 10.2. The average molecular weight is 223 g/mol. The van der Waals surface area contributed by atoms with Crippen LogP contribution in [0.3, 0.4) is 0 Å². The number of anilines is 1. The minimum atomic E-state index is 0.461. The largest absolute Gasteiger partial charge is 0.399 e. The molecule has 0 aliphatic carbocycles. The molecule has 0 aromatic heterocycles. The van der Waals surface area contributed by atoms with Crippen molar-refractivity contribution in [3.8, 4) is 0 Å². The Bertz CT molecular complexity index is 388. The Morgan fingerprint density at radius 2 is 2.27 bits per heavy atom. The Hall–Kier alpha value is -1.64. The summed E-state index contributed by atoms with van der Waals surface area (Å²) in [4.78, 5) is 2.66. The predicted octanol–water partition coefficient (Wildman–Crippen LogP) is 3.64. The minimum absolute atomic E-state index is 0.461.